The predicted molar refractivity (Wildman–Crippen MR) is 94.3 cm³/mol. The fraction of sp³-hybridized carbons (Fsp3) is 0.933. The lowest BCUT2D eigenvalue weighted by atomic mass is 9.92. The van der Waals surface area contributed by atoms with Crippen molar-refractivity contribution in [1.29, 1.82) is 0 Å². The van der Waals surface area contributed by atoms with Gasteiger partial charge in [-0.15, -0.1) is 12.4 Å². The zero-order valence-electron chi connectivity index (χ0n) is 14.1. The normalized spacial score (nSPS) is 26.7. The molecule has 1 amide bonds. The number of halogens is 1. The summed E-state index contributed by atoms with van der Waals surface area (Å²) < 4.78 is 25.7. The number of rotatable bonds is 6. The van der Waals surface area contributed by atoms with Crippen molar-refractivity contribution in [3.63, 3.8) is 0 Å². The number of piperidine rings is 1. The Balaban J connectivity index is 0.00000264. The molecule has 0 saturated carbocycles. The lowest BCUT2D eigenvalue weighted by molar-refractivity contribution is -0.128. The summed E-state index contributed by atoms with van der Waals surface area (Å²) >= 11 is 0. The van der Waals surface area contributed by atoms with Crippen LogP contribution in [0.2, 0.25) is 0 Å². The number of nitrogens with zero attached hydrogens (tertiary/aromatic N) is 1. The molecule has 2 rings (SSSR count). The first-order valence-corrected chi connectivity index (χ1v) is 10.1. The molecule has 0 bridgehead atoms. The molecule has 2 fully saturated rings. The van der Waals surface area contributed by atoms with Gasteiger partial charge in [0, 0.05) is 19.1 Å². The Kier molecular flexibility index (Phi) is 7.77. The summed E-state index contributed by atoms with van der Waals surface area (Å²) in [6.07, 6.45) is 4.77. The van der Waals surface area contributed by atoms with Crippen molar-refractivity contribution in [2.75, 3.05) is 25.4 Å². The monoisotopic (exact) mass is 367 g/mol. The highest BCUT2D eigenvalue weighted by Crippen LogP contribution is 2.24. The summed E-state index contributed by atoms with van der Waals surface area (Å²) in [6, 6.07) is 0.0893. The molecular formula is C15H30ClN3O3S. The molecule has 0 aliphatic carbocycles. The zero-order chi connectivity index (χ0) is 16.2. The third kappa shape index (κ3) is 4.81. The Labute approximate surface area is 146 Å². The second kappa shape index (κ2) is 8.65. The minimum absolute atomic E-state index is 0. The summed E-state index contributed by atoms with van der Waals surface area (Å²) in [4.78, 5) is 12.5. The van der Waals surface area contributed by atoms with Crippen LogP contribution < -0.4 is 10.6 Å². The van der Waals surface area contributed by atoms with E-state index >= 15 is 0 Å². The van der Waals surface area contributed by atoms with E-state index in [-0.39, 0.29) is 30.1 Å². The van der Waals surface area contributed by atoms with Crippen molar-refractivity contribution in [2.45, 2.75) is 64.0 Å². The predicted octanol–water partition coefficient (Wildman–Crippen LogP) is 1.26. The van der Waals surface area contributed by atoms with Gasteiger partial charge in [-0.2, -0.15) is 0 Å². The average Bonchev–Trinajstić information content (AvgIpc) is 2.98. The Morgan fingerprint density at radius 2 is 1.96 bits per heavy atom. The fourth-order valence-electron chi connectivity index (χ4n) is 3.45. The Hall–Kier alpha value is -0.370. The van der Waals surface area contributed by atoms with Crippen LogP contribution >= 0.6 is 12.4 Å². The second-order valence-electron chi connectivity index (χ2n) is 6.43. The van der Waals surface area contributed by atoms with Crippen LogP contribution in [0.3, 0.4) is 0 Å². The number of amides is 1. The topological polar surface area (TPSA) is 78.5 Å². The first-order valence-electron chi connectivity index (χ1n) is 8.47. The van der Waals surface area contributed by atoms with E-state index in [4.69, 9.17) is 0 Å². The van der Waals surface area contributed by atoms with Crippen molar-refractivity contribution in [1.82, 2.24) is 14.9 Å². The van der Waals surface area contributed by atoms with Crippen LogP contribution in [0.25, 0.3) is 0 Å². The van der Waals surface area contributed by atoms with E-state index in [1.807, 2.05) is 13.8 Å². The Morgan fingerprint density at radius 1 is 1.30 bits per heavy atom. The van der Waals surface area contributed by atoms with Crippen LogP contribution in [-0.4, -0.2) is 55.6 Å². The molecule has 6 nitrogen and oxygen atoms in total. The van der Waals surface area contributed by atoms with Crippen LogP contribution in [0.1, 0.15) is 52.4 Å². The van der Waals surface area contributed by atoms with Gasteiger partial charge in [0.1, 0.15) is 0 Å². The molecular weight excluding hydrogens is 338 g/mol. The lowest BCUT2D eigenvalue weighted by Gasteiger charge is -2.34. The van der Waals surface area contributed by atoms with Crippen LogP contribution in [0.15, 0.2) is 0 Å². The maximum Gasteiger partial charge on any atom is 0.240 e. The van der Waals surface area contributed by atoms with E-state index in [0.29, 0.717) is 32.4 Å². The highest BCUT2D eigenvalue weighted by molar-refractivity contribution is 7.89. The molecule has 0 aromatic rings. The van der Waals surface area contributed by atoms with E-state index < -0.39 is 15.6 Å². The fourth-order valence-corrected chi connectivity index (χ4v) is 4.99. The first-order chi connectivity index (χ1) is 10.4. The number of hydrogen-bond donors (Lipinski definition) is 2. The van der Waals surface area contributed by atoms with E-state index in [1.54, 1.807) is 4.31 Å². The van der Waals surface area contributed by atoms with Gasteiger partial charge in [0.05, 0.1) is 11.3 Å². The van der Waals surface area contributed by atoms with Gasteiger partial charge in [0.2, 0.25) is 15.9 Å². The van der Waals surface area contributed by atoms with Crippen molar-refractivity contribution in [3.8, 4) is 0 Å². The highest BCUT2D eigenvalue weighted by Gasteiger charge is 2.40. The van der Waals surface area contributed by atoms with E-state index in [9.17, 15) is 13.2 Å². The van der Waals surface area contributed by atoms with Crippen LogP contribution in [0.4, 0.5) is 0 Å². The van der Waals surface area contributed by atoms with Crippen LogP contribution in [0, 0.1) is 0 Å². The summed E-state index contributed by atoms with van der Waals surface area (Å²) in [5.41, 5.74) is -0.411. The second-order valence-corrected chi connectivity index (χ2v) is 8.52. The third-order valence-corrected chi connectivity index (χ3v) is 7.00. The number of sulfonamides is 1. The molecule has 0 aromatic heterocycles. The molecule has 136 valence electrons. The van der Waals surface area contributed by atoms with E-state index in [0.717, 1.165) is 25.8 Å². The van der Waals surface area contributed by atoms with Crippen LogP contribution in [0.5, 0.6) is 0 Å². The number of carbonyl (C=O) groups is 1. The molecule has 0 aromatic carbocycles. The number of nitrogens with one attached hydrogen (secondary N) is 2. The highest BCUT2D eigenvalue weighted by atomic mass is 35.5. The molecule has 2 aliphatic rings. The quantitative estimate of drug-likeness (QED) is 0.740. The molecule has 2 N–H and O–H groups in total. The van der Waals surface area contributed by atoms with Gasteiger partial charge < -0.3 is 10.6 Å². The van der Waals surface area contributed by atoms with Gasteiger partial charge in [0.15, 0.2) is 0 Å². The van der Waals surface area contributed by atoms with Gasteiger partial charge in [-0.1, -0.05) is 13.8 Å². The third-order valence-electron chi connectivity index (χ3n) is 4.93. The van der Waals surface area contributed by atoms with E-state index in [1.165, 1.54) is 0 Å². The van der Waals surface area contributed by atoms with Crippen LogP contribution in [-0.2, 0) is 14.8 Å². The first kappa shape index (κ1) is 20.7. The minimum Gasteiger partial charge on any atom is -0.352 e. The maximum atomic E-state index is 12.5. The van der Waals surface area contributed by atoms with Gasteiger partial charge in [0.25, 0.3) is 0 Å². The Bertz CT molecular complexity index is 484. The summed E-state index contributed by atoms with van der Waals surface area (Å²) in [5, 5.41) is 6.47. The van der Waals surface area contributed by atoms with Gasteiger partial charge >= 0.3 is 0 Å². The molecule has 23 heavy (non-hydrogen) atoms. The Morgan fingerprint density at radius 3 is 2.43 bits per heavy atom. The molecule has 1 unspecified atom stereocenters. The molecule has 2 heterocycles. The number of carbonyl (C=O) groups excluding carboxylic acids is 1. The smallest absolute Gasteiger partial charge is 0.240 e. The van der Waals surface area contributed by atoms with Crippen molar-refractivity contribution >= 4 is 28.3 Å². The molecule has 0 radical (unpaired) electrons. The maximum absolute atomic E-state index is 12.5. The van der Waals surface area contributed by atoms with Gasteiger partial charge in [-0.05, 0) is 45.1 Å². The van der Waals surface area contributed by atoms with Gasteiger partial charge in [-0.3, -0.25) is 4.79 Å². The van der Waals surface area contributed by atoms with Crippen molar-refractivity contribution in [2.24, 2.45) is 0 Å². The summed E-state index contributed by atoms with van der Waals surface area (Å²) in [6.45, 7) is 5.84. The standard InChI is InChI=1S/C15H29N3O3S.ClH/c1-3-12-22(20,21)18-10-6-13(7-11-18)17-14(19)15(4-2)8-5-9-16-15;/h13,16H,3-12H2,1-2H3,(H,17,19);1H. The number of hydrogen-bond acceptors (Lipinski definition) is 4. The largest absolute Gasteiger partial charge is 0.352 e. The molecule has 0 spiro atoms. The summed E-state index contributed by atoms with van der Waals surface area (Å²) in [5.74, 6) is 0.301. The van der Waals surface area contributed by atoms with Crippen molar-refractivity contribution in [3.05, 3.63) is 0 Å². The molecule has 8 heteroatoms. The average molecular weight is 368 g/mol. The van der Waals surface area contributed by atoms with Gasteiger partial charge in [-0.25, -0.2) is 12.7 Å². The molecule has 2 aliphatic heterocycles. The molecule has 1 atom stereocenters. The SMILES string of the molecule is CCCS(=O)(=O)N1CCC(NC(=O)C2(CC)CCCN2)CC1.Cl. The summed E-state index contributed by atoms with van der Waals surface area (Å²) in [7, 11) is -3.11. The molecule has 2 saturated heterocycles. The lowest BCUT2D eigenvalue weighted by Crippen LogP contribution is -2.57. The zero-order valence-corrected chi connectivity index (χ0v) is 15.8. The van der Waals surface area contributed by atoms with E-state index in [2.05, 4.69) is 10.6 Å². The minimum atomic E-state index is -3.11. The van der Waals surface area contributed by atoms with Crippen molar-refractivity contribution < 1.29 is 13.2 Å².